The minimum Gasteiger partial charge on any atom is -0.348 e. The average Bonchev–Trinajstić information content (AvgIpc) is 2.97. The van der Waals surface area contributed by atoms with Crippen LogP contribution >= 0.6 is 0 Å². The van der Waals surface area contributed by atoms with Crippen LogP contribution in [0.4, 0.5) is 0 Å². The monoisotopic (exact) mass is 394 g/mol. The van der Waals surface area contributed by atoms with Gasteiger partial charge in [0.25, 0.3) is 5.91 Å². The number of benzene rings is 1. The zero-order chi connectivity index (χ0) is 19.3. The molecule has 1 aromatic carbocycles. The Morgan fingerprint density at radius 1 is 1.07 bits per heavy atom. The fourth-order valence-electron chi connectivity index (χ4n) is 4.12. The van der Waals surface area contributed by atoms with Crippen molar-refractivity contribution in [1.82, 2.24) is 9.62 Å². The maximum atomic E-state index is 12.7. The lowest BCUT2D eigenvalue weighted by molar-refractivity contribution is -0.917. The van der Waals surface area contributed by atoms with Gasteiger partial charge in [-0.05, 0) is 31.9 Å². The number of sulfonamides is 1. The third kappa shape index (κ3) is 5.09. The topological polar surface area (TPSA) is 70.9 Å². The Morgan fingerprint density at radius 3 is 2.26 bits per heavy atom. The van der Waals surface area contributed by atoms with E-state index in [-0.39, 0.29) is 11.9 Å². The Labute approximate surface area is 163 Å². The minimum absolute atomic E-state index is 0.108. The van der Waals surface area contributed by atoms with Crippen LogP contribution in [-0.2, 0) is 14.8 Å². The number of amides is 1. The van der Waals surface area contributed by atoms with Gasteiger partial charge < -0.3 is 10.2 Å². The summed E-state index contributed by atoms with van der Waals surface area (Å²) in [5.41, 5.74) is 0. The van der Waals surface area contributed by atoms with Gasteiger partial charge >= 0.3 is 0 Å². The lowest BCUT2D eigenvalue weighted by atomic mass is 10.1. The molecule has 1 atom stereocenters. The van der Waals surface area contributed by atoms with E-state index in [2.05, 4.69) is 5.32 Å². The van der Waals surface area contributed by atoms with Crippen LogP contribution in [0.1, 0.15) is 45.4 Å². The van der Waals surface area contributed by atoms with E-state index in [1.54, 1.807) is 28.6 Å². The highest BCUT2D eigenvalue weighted by Crippen LogP contribution is 2.17. The lowest BCUT2D eigenvalue weighted by Gasteiger charge is -2.34. The molecule has 27 heavy (non-hydrogen) atoms. The summed E-state index contributed by atoms with van der Waals surface area (Å²) < 4.78 is 27.0. The molecule has 0 aromatic heterocycles. The van der Waals surface area contributed by atoms with Crippen LogP contribution in [-0.4, -0.2) is 56.9 Å². The van der Waals surface area contributed by atoms with Crippen LogP contribution < -0.4 is 10.2 Å². The van der Waals surface area contributed by atoms with Gasteiger partial charge in [-0.3, -0.25) is 4.79 Å². The van der Waals surface area contributed by atoms with Crippen LogP contribution in [0.25, 0.3) is 0 Å². The first-order chi connectivity index (χ1) is 13.0. The molecule has 0 radical (unpaired) electrons. The number of piperazine rings is 1. The largest absolute Gasteiger partial charge is 0.348 e. The third-order valence-corrected chi connectivity index (χ3v) is 7.87. The minimum atomic E-state index is -3.44. The molecule has 1 heterocycles. The Morgan fingerprint density at radius 2 is 1.67 bits per heavy atom. The molecular weight excluding hydrogens is 362 g/mol. The molecule has 2 aliphatic rings. The molecule has 0 spiro atoms. The van der Waals surface area contributed by atoms with E-state index in [1.165, 1.54) is 30.6 Å². The molecule has 0 unspecified atom stereocenters. The summed E-state index contributed by atoms with van der Waals surface area (Å²) in [7, 11) is -3.44. The predicted octanol–water partition coefficient (Wildman–Crippen LogP) is 0.803. The van der Waals surface area contributed by atoms with Crippen LogP contribution in [0.5, 0.6) is 0 Å². The number of hydrogen-bond acceptors (Lipinski definition) is 3. The molecule has 3 rings (SSSR count). The van der Waals surface area contributed by atoms with Crippen LogP contribution in [0.15, 0.2) is 35.2 Å². The van der Waals surface area contributed by atoms with Crippen molar-refractivity contribution in [3.05, 3.63) is 30.3 Å². The summed E-state index contributed by atoms with van der Waals surface area (Å²) in [6.07, 6.45) is 7.09. The molecule has 6 nitrogen and oxygen atoms in total. The van der Waals surface area contributed by atoms with Gasteiger partial charge in [0.05, 0.1) is 31.1 Å². The summed E-state index contributed by atoms with van der Waals surface area (Å²) in [5, 5.41) is 3.23. The molecule has 1 saturated carbocycles. The fraction of sp³-hybridized carbons (Fsp3) is 0.650. The second kappa shape index (κ2) is 9.17. The summed E-state index contributed by atoms with van der Waals surface area (Å²) >= 11 is 0. The van der Waals surface area contributed by atoms with Gasteiger partial charge in [0.15, 0.2) is 6.04 Å². The molecule has 1 aliphatic heterocycles. The smallest absolute Gasteiger partial charge is 0.278 e. The van der Waals surface area contributed by atoms with Crippen molar-refractivity contribution in [2.45, 2.75) is 62.4 Å². The number of nitrogens with zero attached hydrogens (tertiary/aromatic N) is 1. The predicted molar refractivity (Wildman–Crippen MR) is 105 cm³/mol. The Bertz CT molecular complexity index is 707. The number of rotatable bonds is 5. The van der Waals surface area contributed by atoms with Crippen LogP contribution in [0.2, 0.25) is 0 Å². The Hall–Kier alpha value is -1.44. The van der Waals surface area contributed by atoms with E-state index in [9.17, 15) is 13.2 Å². The van der Waals surface area contributed by atoms with Gasteiger partial charge in [0, 0.05) is 6.04 Å². The quantitative estimate of drug-likeness (QED) is 0.726. The summed E-state index contributed by atoms with van der Waals surface area (Å²) in [5.74, 6) is 0.108. The van der Waals surface area contributed by atoms with Gasteiger partial charge in [-0.1, -0.05) is 43.9 Å². The highest BCUT2D eigenvalue weighted by Gasteiger charge is 2.34. The highest BCUT2D eigenvalue weighted by atomic mass is 32.2. The molecule has 2 fully saturated rings. The van der Waals surface area contributed by atoms with E-state index in [1.807, 2.05) is 13.0 Å². The van der Waals surface area contributed by atoms with Crippen molar-refractivity contribution < 1.29 is 18.1 Å². The summed E-state index contributed by atoms with van der Waals surface area (Å²) in [4.78, 5) is 14.2. The highest BCUT2D eigenvalue weighted by molar-refractivity contribution is 7.89. The normalized spacial score (nSPS) is 22.1. The first-order valence-electron chi connectivity index (χ1n) is 10.2. The van der Waals surface area contributed by atoms with E-state index in [0.29, 0.717) is 37.1 Å². The van der Waals surface area contributed by atoms with Crippen molar-refractivity contribution in [3.63, 3.8) is 0 Å². The van der Waals surface area contributed by atoms with Crippen LogP contribution in [0, 0.1) is 0 Å². The molecule has 1 aliphatic carbocycles. The first kappa shape index (κ1) is 20.3. The van der Waals surface area contributed by atoms with Crippen LogP contribution in [0.3, 0.4) is 0 Å². The second-order valence-electron chi connectivity index (χ2n) is 7.79. The van der Waals surface area contributed by atoms with Gasteiger partial charge in [-0.15, -0.1) is 0 Å². The van der Waals surface area contributed by atoms with Crippen molar-refractivity contribution in [1.29, 1.82) is 0 Å². The zero-order valence-corrected chi connectivity index (χ0v) is 17.0. The molecule has 0 bridgehead atoms. The van der Waals surface area contributed by atoms with E-state index in [0.717, 1.165) is 12.8 Å². The molecule has 7 heteroatoms. The standard InChI is InChI=1S/C20H31N3O3S/c1-17(20(24)21-18-9-5-2-3-6-10-18)22-13-15-23(16-14-22)27(25,26)19-11-7-4-8-12-19/h4,7-8,11-12,17-18H,2-3,5-6,9-10,13-16H2,1H3,(H,21,24)/p+1/t17-/m1/s1. The van der Waals surface area contributed by atoms with Crippen molar-refractivity contribution in [2.24, 2.45) is 0 Å². The van der Waals surface area contributed by atoms with E-state index in [4.69, 9.17) is 0 Å². The maximum absolute atomic E-state index is 12.7. The van der Waals surface area contributed by atoms with E-state index >= 15 is 0 Å². The number of nitrogens with one attached hydrogen (secondary N) is 2. The van der Waals surface area contributed by atoms with Crippen molar-refractivity contribution >= 4 is 15.9 Å². The summed E-state index contributed by atoms with van der Waals surface area (Å²) in [6, 6.07) is 8.74. The van der Waals surface area contributed by atoms with Gasteiger partial charge in [0.1, 0.15) is 0 Å². The molecule has 1 saturated heterocycles. The van der Waals surface area contributed by atoms with Gasteiger partial charge in [-0.2, -0.15) is 4.31 Å². The van der Waals surface area contributed by atoms with Crippen molar-refractivity contribution in [3.8, 4) is 0 Å². The third-order valence-electron chi connectivity index (χ3n) is 5.95. The molecule has 150 valence electrons. The number of carbonyl (C=O) groups excluding carboxylic acids is 1. The average molecular weight is 395 g/mol. The molecular formula is C20H32N3O3S+. The number of quaternary nitrogens is 1. The fourth-order valence-corrected chi connectivity index (χ4v) is 5.59. The molecule has 1 amide bonds. The number of hydrogen-bond donors (Lipinski definition) is 2. The molecule has 1 aromatic rings. The lowest BCUT2D eigenvalue weighted by Crippen LogP contribution is -3.19. The SMILES string of the molecule is C[C@H](C(=O)NC1CCCCCC1)[NH+]1CCN(S(=O)(=O)c2ccccc2)CC1. The summed E-state index contributed by atoms with van der Waals surface area (Å²) in [6.45, 7) is 4.18. The number of carbonyl (C=O) groups is 1. The maximum Gasteiger partial charge on any atom is 0.278 e. The van der Waals surface area contributed by atoms with E-state index < -0.39 is 10.0 Å². The van der Waals surface area contributed by atoms with Gasteiger partial charge in [0.2, 0.25) is 10.0 Å². The van der Waals surface area contributed by atoms with Gasteiger partial charge in [-0.25, -0.2) is 8.42 Å². The second-order valence-corrected chi connectivity index (χ2v) is 9.73. The first-order valence-corrected chi connectivity index (χ1v) is 11.6. The Balaban J connectivity index is 1.53. The van der Waals surface area contributed by atoms with Crippen molar-refractivity contribution in [2.75, 3.05) is 26.2 Å². The zero-order valence-electron chi connectivity index (χ0n) is 16.2. The molecule has 2 N–H and O–H groups in total. The Kier molecular flexibility index (Phi) is 6.89.